The van der Waals surface area contributed by atoms with Crippen molar-refractivity contribution in [2.75, 3.05) is 12.4 Å². The summed E-state index contributed by atoms with van der Waals surface area (Å²) in [7, 11) is 1.32. The van der Waals surface area contributed by atoms with Gasteiger partial charge in [-0.3, -0.25) is 9.63 Å². The third kappa shape index (κ3) is 2.81. The lowest BCUT2D eigenvalue weighted by Gasteiger charge is -2.15. The van der Waals surface area contributed by atoms with E-state index in [2.05, 4.69) is 25.6 Å². The van der Waals surface area contributed by atoms with Crippen LogP contribution in [-0.4, -0.2) is 23.0 Å². The molecular formula is C17H17FN4O2. The van der Waals surface area contributed by atoms with Crippen molar-refractivity contribution in [3.63, 3.8) is 0 Å². The number of carbonyl (C=O) groups excluding carboxylic acids is 1. The number of carbonyl (C=O) groups is 1. The Kier molecular flexibility index (Phi) is 4.18. The van der Waals surface area contributed by atoms with Gasteiger partial charge in [0, 0.05) is 5.69 Å². The highest BCUT2D eigenvalue weighted by molar-refractivity contribution is 6.04. The fraction of sp³-hybridized carbons (Fsp3) is 0.176. The summed E-state index contributed by atoms with van der Waals surface area (Å²) in [5.41, 5.74) is 5.72. The van der Waals surface area contributed by atoms with Crippen LogP contribution in [0, 0.1) is 19.7 Å². The second-order valence-corrected chi connectivity index (χ2v) is 5.49. The molecule has 0 spiro atoms. The Morgan fingerprint density at radius 1 is 1.29 bits per heavy atom. The van der Waals surface area contributed by atoms with E-state index in [1.54, 1.807) is 0 Å². The van der Waals surface area contributed by atoms with Crippen LogP contribution in [0.3, 0.4) is 0 Å². The number of rotatable bonds is 4. The first-order valence-electron chi connectivity index (χ1n) is 7.34. The lowest BCUT2D eigenvalue weighted by Crippen LogP contribution is -2.23. The maximum atomic E-state index is 14.9. The number of hydrogen-bond acceptors (Lipinski definition) is 4. The molecule has 0 saturated heterocycles. The molecule has 7 heteroatoms. The molecule has 0 aliphatic carbocycles. The molecule has 1 heterocycles. The van der Waals surface area contributed by atoms with Crippen molar-refractivity contribution in [2.24, 2.45) is 0 Å². The van der Waals surface area contributed by atoms with Crippen LogP contribution in [0.5, 0.6) is 0 Å². The highest BCUT2D eigenvalue weighted by Crippen LogP contribution is 2.31. The third-order valence-electron chi connectivity index (χ3n) is 3.74. The van der Waals surface area contributed by atoms with Crippen LogP contribution in [0.1, 0.15) is 21.5 Å². The number of anilines is 2. The van der Waals surface area contributed by atoms with Gasteiger partial charge in [0.25, 0.3) is 5.91 Å². The quantitative estimate of drug-likeness (QED) is 0.642. The van der Waals surface area contributed by atoms with Crippen molar-refractivity contribution < 1.29 is 14.0 Å². The van der Waals surface area contributed by atoms with Crippen molar-refractivity contribution in [3.05, 3.63) is 53.1 Å². The number of benzene rings is 2. The zero-order valence-electron chi connectivity index (χ0n) is 13.5. The van der Waals surface area contributed by atoms with Crippen LogP contribution in [0.15, 0.2) is 30.6 Å². The van der Waals surface area contributed by atoms with E-state index >= 15 is 0 Å². The Hall–Kier alpha value is -2.93. The highest BCUT2D eigenvalue weighted by atomic mass is 19.1. The molecule has 124 valence electrons. The van der Waals surface area contributed by atoms with Gasteiger partial charge < -0.3 is 10.3 Å². The van der Waals surface area contributed by atoms with Gasteiger partial charge in [-0.25, -0.2) is 14.9 Å². The van der Waals surface area contributed by atoms with Crippen molar-refractivity contribution in [1.29, 1.82) is 0 Å². The summed E-state index contributed by atoms with van der Waals surface area (Å²) in [6.45, 7) is 3.89. The average Bonchev–Trinajstić information content (AvgIpc) is 3.01. The fourth-order valence-corrected chi connectivity index (χ4v) is 2.58. The van der Waals surface area contributed by atoms with Gasteiger partial charge in [0.2, 0.25) is 0 Å². The average molecular weight is 328 g/mol. The summed E-state index contributed by atoms with van der Waals surface area (Å²) in [6, 6.07) is 7.26. The van der Waals surface area contributed by atoms with E-state index < -0.39 is 11.7 Å². The molecule has 0 saturated carbocycles. The molecule has 0 radical (unpaired) electrons. The van der Waals surface area contributed by atoms with Gasteiger partial charge in [-0.05, 0) is 31.5 Å². The van der Waals surface area contributed by atoms with E-state index in [-0.39, 0.29) is 16.8 Å². The van der Waals surface area contributed by atoms with Crippen molar-refractivity contribution in [1.82, 2.24) is 15.4 Å². The second kappa shape index (κ2) is 6.29. The third-order valence-corrected chi connectivity index (χ3v) is 3.74. The number of nitrogens with one attached hydrogen (secondary N) is 3. The smallest absolute Gasteiger partial charge is 0.277 e. The van der Waals surface area contributed by atoms with Crippen LogP contribution in [0.25, 0.3) is 11.0 Å². The summed E-state index contributed by atoms with van der Waals surface area (Å²) in [5.74, 6) is -1.16. The predicted molar refractivity (Wildman–Crippen MR) is 89.7 cm³/mol. The first-order chi connectivity index (χ1) is 11.5. The van der Waals surface area contributed by atoms with E-state index in [1.165, 1.54) is 19.5 Å². The molecule has 1 aromatic heterocycles. The first kappa shape index (κ1) is 15.9. The van der Waals surface area contributed by atoms with Gasteiger partial charge in [-0.2, -0.15) is 0 Å². The summed E-state index contributed by atoms with van der Waals surface area (Å²) in [4.78, 5) is 23.7. The highest BCUT2D eigenvalue weighted by Gasteiger charge is 2.21. The van der Waals surface area contributed by atoms with Crippen LogP contribution in [-0.2, 0) is 4.84 Å². The summed E-state index contributed by atoms with van der Waals surface area (Å²) >= 11 is 0. The number of imidazole rings is 1. The van der Waals surface area contributed by atoms with Crippen LogP contribution in [0.2, 0.25) is 0 Å². The minimum absolute atomic E-state index is 0.0519. The molecule has 0 bridgehead atoms. The molecule has 6 nitrogen and oxygen atoms in total. The summed E-state index contributed by atoms with van der Waals surface area (Å²) in [5, 5.41) is 3.01. The van der Waals surface area contributed by atoms with E-state index in [0.29, 0.717) is 11.2 Å². The number of hydroxylamine groups is 1. The number of hydrogen-bond donors (Lipinski definition) is 3. The van der Waals surface area contributed by atoms with Crippen molar-refractivity contribution in [3.8, 4) is 0 Å². The number of aromatic nitrogens is 2. The van der Waals surface area contributed by atoms with Gasteiger partial charge in [-0.15, -0.1) is 0 Å². The van der Waals surface area contributed by atoms with Crippen LogP contribution >= 0.6 is 0 Å². The lowest BCUT2D eigenvalue weighted by molar-refractivity contribution is 0.0538. The van der Waals surface area contributed by atoms with E-state index in [9.17, 15) is 9.18 Å². The normalized spacial score (nSPS) is 10.8. The first-order valence-corrected chi connectivity index (χ1v) is 7.34. The molecule has 0 fully saturated rings. The maximum Gasteiger partial charge on any atom is 0.277 e. The van der Waals surface area contributed by atoms with Crippen LogP contribution in [0.4, 0.5) is 15.8 Å². The zero-order chi connectivity index (χ0) is 17.3. The standard InChI is InChI=1S/C17H17FN4O2/c1-9-4-5-12(10(2)6-9)21-15-11(17(23)22-24-3)7-13-16(14(15)18)20-8-19-13/h4-8,21H,1-3H3,(H,19,20)(H,22,23). The second-order valence-electron chi connectivity index (χ2n) is 5.49. The van der Waals surface area contributed by atoms with Gasteiger partial charge in [0.05, 0.1) is 30.2 Å². The Labute approximate surface area is 138 Å². The molecule has 3 N–H and O–H groups in total. The topological polar surface area (TPSA) is 79.0 Å². The number of H-pyrrole nitrogens is 1. The summed E-state index contributed by atoms with van der Waals surface area (Å²) in [6.07, 6.45) is 1.38. The molecule has 2 aromatic carbocycles. The molecule has 1 amide bonds. The predicted octanol–water partition coefficient (Wildman–Crippen LogP) is 3.35. The molecule has 0 aliphatic rings. The number of halogens is 1. The SMILES string of the molecule is CONC(=O)c1cc2[nH]cnc2c(F)c1Nc1ccc(C)cc1C. The molecule has 3 rings (SSSR count). The Morgan fingerprint density at radius 2 is 2.08 bits per heavy atom. The number of amides is 1. The molecule has 0 atom stereocenters. The van der Waals surface area contributed by atoms with E-state index in [0.717, 1.165) is 11.1 Å². The maximum absolute atomic E-state index is 14.9. The molecule has 0 unspecified atom stereocenters. The van der Waals surface area contributed by atoms with Crippen molar-refractivity contribution in [2.45, 2.75) is 13.8 Å². The Balaban J connectivity index is 2.15. The largest absolute Gasteiger partial charge is 0.352 e. The minimum atomic E-state index is -0.602. The van der Waals surface area contributed by atoms with Crippen molar-refractivity contribution >= 4 is 28.3 Å². The zero-order valence-corrected chi connectivity index (χ0v) is 13.5. The van der Waals surface area contributed by atoms with Gasteiger partial charge >= 0.3 is 0 Å². The van der Waals surface area contributed by atoms with Crippen LogP contribution < -0.4 is 10.8 Å². The van der Waals surface area contributed by atoms with E-state index in [1.807, 2.05) is 32.0 Å². The fourth-order valence-electron chi connectivity index (χ4n) is 2.58. The lowest BCUT2D eigenvalue weighted by atomic mass is 10.1. The molecule has 0 aliphatic heterocycles. The number of aromatic amines is 1. The monoisotopic (exact) mass is 328 g/mol. The van der Waals surface area contributed by atoms with Gasteiger partial charge in [0.1, 0.15) is 5.52 Å². The number of fused-ring (bicyclic) bond motifs is 1. The molecule has 3 aromatic rings. The van der Waals surface area contributed by atoms with E-state index in [4.69, 9.17) is 0 Å². The minimum Gasteiger partial charge on any atom is -0.352 e. The van der Waals surface area contributed by atoms with Gasteiger partial charge in [-0.1, -0.05) is 17.7 Å². The number of nitrogens with zero attached hydrogens (tertiary/aromatic N) is 1. The Bertz CT molecular complexity index is 920. The van der Waals surface area contributed by atoms with Gasteiger partial charge in [0.15, 0.2) is 5.82 Å². The number of aryl methyl sites for hydroxylation is 2. The molecule has 24 heavy (non-hydrogen) atoms. The molecular weight excluding hydrogens is 311 g/mol. The Morgan fingerprint density at radius 3 is 2.79 bits per heavy atom. The summed E-state index contributed by atoms with van der Waals surface area (Å²) < 4.78 is 14.9.